The second-order valence-corrected chi connectivity index (χ2v) is 4.99. The summed E-state index contributed by atoms with van der Waals surface area (Å²) in [5.41, 5.74) is 1.04. The summed E-state index contributed by atoms with van der Waals surface area (Å²) in [6.45, 7) is 4.48. The Kier molecular flexibility index (Phi) is 5.12. The van der Waals surface area contributed by atoms with Crippen molar-refractivity contribution >= 4 is 21.6 Å². The largest absolute Gasteiger partial charge is 0.394 e. The van der Waals surface area contributed by atoms with Crippen molar-refractivity contribution in [2.75, 3.05) is 11.9 Å². The standard InChI is InChI=1S/C12H18BrNO/c1-9(2)7-10(8-15)14-12-6-4-3-5-11(12)13/h3-6,9-10,14-15H,7-8H2,1-2H3. The quantitative estimate of drug-likeness (QED) is 0.862. The van der Waals surface area contributed by atoms with E-state index in [9.17, 15) is 5.11 Å². The molecule has 0 saturated carbocycles. The van der Waals surface area contributed by atoms with Crippen LogP contribution in [0.3, 0.4) is 0 Å². The summed E-state index contributed by atoms with van der Waals surface area (Å²) in [4.78, 5) is 0. The Balaban J connectivity index is 2.62. The lowest BCUT2D eigenvalue weighted by molar-refractivity contribution is 0.259. The summed E-state index contributed by atoms with van der Waals surface area (Å²) in [5.74, 6) is 0.581. The Morgan fingerprint density at radius 2 is 2.00 bits per heavy atom. The van der Waals surface area contributed by atoms with Gasteiger partial charge in [-0.05, 0) is 40.4 Å². The number of aliphatic hydroxyl groups excluding tert-OH is 1. The first kappa shape index (κ1) is 12.5. The van der Waals surface area contributed by atoms with Gasteiger partial charge in [-0.2, -0.15) is 0 Å². The molecule has 2 N–H and O–H groups in total. The van der Waals surface area contributed by atoms with Crippen molar-refractivity contribution in [3.8, 4) is 0 Å². The van der Waals surface area contributed by atoms with Crippen LogP contribution in [0, 0.1) is 5.92 Å². The fraction of sp³-hybridized carbons (Fsp3) is 0.500. The molecule has 2 nitrogen and oxygen atoms in total. The van der Waals surface area contributed by atoms with Gasteiger partial charge in [-0.25, -0.2) is 0 Å². The molecule has 0 radical (unpaired) electrons. The van der Waals surface area contributed by atoms with Crippen molar-refractivity contribution in [3.63, 3.8) is 0 Å². The first-order chi connectivity index (χ1) is 7.13. The molecule has 1 unspecified atom stereocenters. The highest BCUT2D eigenvalue weighted by atomic mass is 79.9. The number of rotatable bonds is 5. The van der Waals surface area contributed by atoms with E-state index < -0.39 is 0 Å². The van der Waals surface area contributed by atoms with E-state index >= 15 is 0 Å². The smallest absolute Gasteiger partial charge is 0.0632 e. The van der Waals surface area contributed by atoms with Crippen LogP contribution in [0.15, 0.2) is 28.7 Å². The van der Waals surface area contributed by atoms with Crippen LogP contribution in [-0.2, 0) is 0 Å². The molecule has 3 heteroatoms. The average Bonchev–Trinajstić information content (AvgIpc) is 2.19. The highest BCUT2D eigenvalue weighted by Gasteiger charge is 2.10. The van der Waals surface area contributed by atoms with Crippen LogP contribution >= 0.6 is 15.9 Å². The second kappa shape index (κ2) is 6.13. The molecule has 0 spiro atoms. The molecule has 15 heavy (non-hydrogen) atoms. The zero-order valence-electron chi connectivity index (χ0n) is 9.20. The molecule has 0 aromatic heterocycles. The van der Waals surface area contributed by atoms with E-state index in [0.717, 1.165) is 16.6 Å². The minimum atomic E-state index is 0.128. The van der Waals surface area contributed by atoms with Gasteiger partial charge in [0.15, 0.2) is 0 Å². The summed E-state index contributed by atoms with van der Waals surface area (Å²) in [6, 6.07) is 8.09. The van der Waals surface area contributed by atoms with Gasteiger partial charge in [0.05, 0.1) is 6.61 Å². The zero-order valence-corrected chi connectivity index (χ0v) is 10.8. The maximum atomic E-state index is 9.25. The van der Waals surface area contributed by atoms with E-state index in [-0.39, 0.29) is 12.6 Å². The van der Waals surface area contributed by atoms with E-state index in [1.165, 1.54) is 0 Å². The first-order valence-electron chi connectivity index (χ1n) is 5.25. The Hall–Kier alpha value is -0.540. The van der Waals surface area contributed by atoms with Gasteiger partial charge in [-0.1, -0.05) is 26.0 Å². The lowest BCUT2D eigenvalue weighted by Crippen LogP contribution is -2.25. The van der Waals surface area contributed by atoms with Gasteiger partial charge in [0.2, 0.25) is 0 Å². The molecule has 0 aliphatic carbocycles. The van der Waals surface area contributed by atoms with Crippen molar-refractivity contribution in [1.29, 1.82) is 0 Å². The molecule has 0 aliphatic rings. The topological polar surface area (TPSA) is 32.3 Å². The van der Waals surface area contributed by atoms with Crippen LogP contribution in [0.4, 0.5) is 5.69 Å². The second-order valence-electron chi connectivity index (χ2n) is 4.13. The Bertz CT molecular complexity index is 301. The van der Waals surface area contributed by atoms with Crippen molar-refractivity contribution in [2.45, 2.75) is 26.3 Å². The highest BCUT2D eigenvalue weighted by Crippen LogP contribution is 2.23. The van der Waals surface area contributed by atoms with E-state index in [4.69, 9.17) is 0 Å². The molecule has 1 aromatic rings. The number of hydrogen-bond donors (Lipinski definition) is 2. The molecule has 0 amide bonds. The van der Waals surface area contributed by atoms with Crippen LogP contribution in [-0.4, -0.2) is 17.8 Å². The number of halogens is 1. The Labute approximate surface area is 99.8 Å². The predicted molar refractivity (Wildman–Crippen MR) is 68.1 cm³/mol. The van der Waals surface area contributed by atoms with Gasteiger partial charge in [-0.3, -0.25) is 0 Å². The third-order valence-electron chi connectivity index (χ3n) is 2.21. The summed E-state index contributed by atoms with van der Waals surface area (Å²) in [7, 11) is 0. The van der Waals surface area contributed by atoms with Crippen LogP contribution in [0.25, 0.3) is 0 Å². The molecular formula is C12H18BrNO. The fourth-order valence-electron chi connectivity index (χ4n) is 1.55. The Morgan fingerprint density at radius 1 is 1.33 bits per heavy atom. The van der Waals surface area contributed by atoms with E-state index in [1.807, 2.05) is 24.3 Å². The molecule has 0 aliphatic heterocycles. The molecular weight excluding hydrogens is 254 g/mol. The molecule has 1 aromatic carbocycles. The molecule has 84 valence electrons. The minimum absolute atomic E-state index is 0.128. The maximum Gasteiger partial charge on any atom is 0.0632 e. The van der Waals surface area contributed by atoms with Gasteiger partial charge < -0.3 is 10.4 Å². The van der Waals surface area contributed by atoms with Crippen LogP contribution in [0.1, 0.15) is 20.3 Å². The SMILES string of the molecule is CC(C)CC(CO)Nc1ccccc1Br. The lowest BCUT2D eigenvalue weighted by atomic mass is 10.0. The third-order valence-corrected chi connectivity index (χ3v) is 2.90. The molecule has 0 saturated heterocycles. The molecule has 0 heterocycles. The van der Waals surface area contributed by atoms with Crippen molar-refractivity contribution in [2.24, 2.45) is 5.92 Å². The number of benzene rings is 1. The van der Waals surface area contributed by atoms with Crippen LogP contribution in [0.5, 0.6) is 0 Å². The van der Waals surface area contributed by atoms with Crippen LogP contribution < -0.4 is 5.32 Å². The number of hydrogen-bond acceptors (Lipinski definition) is 2. The van der Waals surface area contributed by atoms with Gasteiger partial charge in [-0.15, -0.1) is 0 Å². The van der Waals surface area contributed by atoms with Gasteiger partial charge in [0.25, 0.3) is 0 Å². The first-order valence-corrected chi connectivity index (χ1v) is 6.04. The predicted octanol–water partition coefficient (Wildman–Crippen LogP) is 3.27. The third kappa shape index (κ3) is 4.22. The number of anilines is 1. The lowest BCUT2D eigenvalue weighted by Gasteiger charge is -2.20. The van der Waals surface area contributed by atoms with Gasteiger partial charge in [0.1, 0.15) is 0 Å². The molecule has 1 atom stereocenters. The normalized spacial score (nSPS) is 12.9. The van der Waals surface area contributed by atoms with Crippen molar-refractivity contribution < 1.29 is 5.11 Å². The number of para-hydroxylation sites is 1. The zero-order chi connectivity index (χ0) is 11.3. The van der Waals surface area contributed by atoms with Gasteiger partial charge in [0, 0.05) is 16.2 Å². The van der Waals surface area contributed by atoms with Gasteiger partial charge >= 0.3 is 0 Å². The summed E-state index contributed by atoms with van der Waals surface area (Å²) in [6.07, 6.45) is 0.970. The van der Waals surface area contributed by atoms with Crippen molar-refractivity contribution in [3.05, 3.63) is 28.7 Å². The summed E-state index contributed by atoms with van der Waals surface area (Å²) >= 11 is 3.48. The average molecular weight is 272 g/mol. The molecule has 1 rings (SSSR count). The number of nitrogens with one attached hydrogen (secondary N) is 1. The molecule has 0 bridgehead atoms. The van der Waals surface area contributed by atoms with Crippen LogP contribution in [0.2, 0.25) is 0 Å². The summed E-state index contributed by atoms with van der Waals surface area (Å²) in [5, 5.41) is 12.6. The van der Waals surface area contributed by atoms with E-state index in [0.29, 0.717) is 5.92 Å². The van der Waals surface area contributed by atoms with E-state index in [2.05, 4.69) is 35.1 Å². The Morgan fingerprint density at radius 3 is 2.53 bits per heavy atom. The fourth-order valence-corrected chi connectivity index (χ4v) is 1.95. The van der Waals surface area contributed by atoms with E-state index in [1.54, 1.807) is 0 Å². The molecule has 0 fully saturated rings. The summed E-state index contributed by atoms with van der Waals surface area (Å²) < 4.78 is 1.03. The maximum absolute atomic E-state index is 9.25. The number of aliphatic hydroxyl groups is 1. The monoisotopic (exact) mass is 271 g/mol. The minimum Gasteiger partial charge on any atom is -0.394 e. The highest BCUT2D eigenvalue weighted by molar-refractivity contribution is 9.10. The van der Waals surface area contributed by atoms with Crippen molar-refractivity contribution in [1.82, 2.24) is 0 Å².